The van der Waals surface area contributed by atoms with Crippen molar-refractivity contribution in [2.75, 3.05) is 5.32 Å². The number of imidazole rings is 1. The minimum Gasteiger partial charge on any atom is -0.338 e. The molecule has 2 aromatic carbocycles. The number of amides is 1. The minimum absolute atomic E-state index is 0.0116. The van der Waals surface area contributed by atoms with Crippen LogP contribution in [0.5, 0.6) is 0 Å². The molecule has 1 amide bonds. The van der Waals surface area contributed by atoms with Crippen molar-refractivity contribution >= 4 is 22.9 Å². The molecular formula is C21H12F6N4OS. The average Bonchev–Trinajstić information content (AvgIpc) is 3.45. The number of anilines is 1. The van der Waals surface area contributed by atoms with Crippen molar-refractivity contribution in [3.05, 3.63) is 76.4 Å². The summed E-state index contributed by atoms with van der Waals surface area (Å²) in [6, 6.07) is 7.66. The van der Waals surface area contributed by atoms with Crippen LogP contribution in [0, 0.1) is 0 Å². The van der Waals surface area contributed by atoms with Crippen molar-refractivity contribution in [2.24, 2.45) is 0 Å². The normalized spacial score (nSPS) is 12.1. The van der Waals surface area contributed by atoms with Gasteiger partial charge in [-0.2, -0.15) is 26.3 Å². The number of hydrogen-bond acceptors (Lipinski definition) is 4. The van der Waals surface area contributed by atoms with Gasteiger partial charge in [-0.25, -0.2) is 9.97 Å². The molecule has 0 saturated carbocycles. The maximum atomic E-state index is 13.1. The highest BCUT2D eigenvalue weighted by molar-refractivity contribution is 7.07. The van der Waals surface area contributed by atoms with E-state index in [1.165, 1.54) is 16.8 Å². The van der Waals surface area contributed by atoms with Crippen molar-refractivity contribution < 1.29 is 31.1 Å². The van der Waals surface area contributed by atoms with Crippen LogP contribution in [0.15, 0.2) is 59.6 Å². The molecule has 0 aliphatic heterocycles. The summed E-state index contributed by atoms with van der Waals surface area (Å²) in [4.78, 5) is 22.8. The number of H-pyrrole nitrogens is 1. The lowest BCUT2D eigenvalue weighted by atomic mass is 10.0. The summed E-state index contributed by atoms with van der Waals surface area (Å²) in [5.74, 6) is -0.164. The molecule has 12 heteroatoms. The lowest BCUT2D eigenvalue weighted by Gasteiger charge is -2.13. The summed E-state index contributed by atoms with van der Waals surface area (Å²) in [7, 11) is 0. The number of halogens is 6. The van der Waals surface area contributed by atoms with Gasteiger partial charge < -0.3 is 10.3 Å². The molecule has 33 heavy (non-hydrogen) atoms. The number of nitrogens with zero attached hydrogens (tertiary/aromatic N) is 2. The first-order valence-electron chi connectivity index (χ1n) is 9.15. The van der Waals surface area contributed by atoms with Gasteiger partial charge in [0.15, 0.2) is 0 Å². The van der Waals surface area contributed by atoms with E-state index in [1.54, 1.807) is 29.6 Å². The van der Waals surface area contributed by atoms with Gasteiger partial charge in [0.2, 0.25) is 0 Å². The van der Waals surface area contributed by atoms with Crippen LogP contribution in [-0.4, -0.2) is 20.9 Å². The maximum absolute atomic E-state index is 13.1. The Morgan fingerprint density at radius 1 is 0.879 bits per heavy atom. The monoisotopic (exact) mass is 482 g/mol. The second kappa shape index (κ2) is 8.35. The number of nitrogens with one attached hydrogen (secondary N) is 2. The number of carbonyl (C=O) groups excluding carboxylic acids is 1. The van der Waals surface area contributed by atoms with Crippen molar-refractivity contribution in [2.45, 2.75) is 12.4 Å². The van der Waals surface area contributed by atoms with Gasteiger partial charge in [-0.05, 0) is 42.5 Å². The first-order chi connectivity index (χ1) is 15.5. The number of hydrogen-bond donors (Lipinski definition) is 2. The Morgan fingerprint density at radius 2 is 1.52 bits per heavy atom. The number of alkyl halides is 6. The summed E-state index contributed by atoms with van der Waals surface area (Å²) in [5.41, 5.74) is -0.377. The third kappa shape index (κ3) is 5.06. The van der Waals surface area contributed by atoms with Gasteiger partial charge in [0.25, 0.3) is 5.91 Å². The van der Waals surface area contributed by atoms with Crippen molar-refractivity contribution in [1.82, 2.24) is 15.0 Å². The molecule has 0 atom stereocenters. The van der Waals surface area contributed by atoms with Crippen molar-refractivity contribution in [1.29, 1.82) is 0 Å². The number of thiazole rings is 1. The first-order valence-corrected chi connectivity index (χ1v) is 10.1. The maximum Gasteiger partial charge on any atom is 0.416 e. The van der Waals surface area contributed by atoms with Crippen molar-refractivity contribution in [3.63, 3.8) is 0 Å². The summed E-state index contributed by atoms with van der Waals surface area (Å²) in [6.45, 7) is 0. The van der Waals surface area contributed by atoms with E-state index in [2.05, 4.69) is 20.3 Å². The second-order valence-corrected chi connectivity index (χ2v) is 7.56. The van der Waals surface area contributed by atoms with Gasteiger partial charge in [0.05, 0.1) is 28.5 Å². The molecule has 0 bridgehead atoms. The summed E-state index contributed by atoms with van der Waals surface area (Å²) >= 11 is 1.27. The van der Waals surface area contributed by atoms with Gasteiger partial charge in [0.1, 0.15) is 11.5 Å². The van der Waals surface area contributed by atoms with E-state index in [-0.39, 0.29) is 28.8 Å². The zero-order chi connectivity index (χ0) is 23.8. The van der Waals surface area contributed by atoms with E-state index in [9.17, 15) is 31.1 Å². The molecule has 0 saturated heterocycles. The molecule has 4 rings (SSSR count). The second-order valence-electron chi connectivity index (χ2n) is 6.85. The fourth-order valence-electron chi connectivity index (χ4n) is 2.96. The van der Waals surface area contributed by atoms with Gasteiger partial charge in [-0.3, -0.25) is 4.79 Å². The minimum atomic E-state index is -4.95. The zero-order valence-electron chi connectivity index (χ0n) is 16.3. The fraction of sp³-hybridized carbons (Fsp3) is 0.0952. The number of aromatic amines is 1. The number of aromatic nitrogens is 3. The largest absolute Gasteiger partial charge is 0.416 e. The Labute approximate surface area is 186 Å². The quantitative estimate of drug-likeness (QED) is 0.327. The van der Waals surface area contributed by atoms with Gasteiger partial charge in [-0.15, -0.1) is 11.3 Å². The zero-order valence-corrected chi connectivity index (χ0v) is 17.1. The van der Waals surface area contributed by atoms with E-state index < -0.39 is 29.4 Å². The summed E-state index contributed by atoms with van der Waals surface area (Å²) < 4.78 is 78.7. The van der Waals surface area contributed by atoms with Crippen LogP contribution in [0.4, 0.5) is 32.0 Å². The van der Waals surface area contributed by atoms with Crippen LogP contribution in [0.3, 0.4) is 0 Å². The molecule has 0 unspecified atom stereocenters. The number of benzene rings is 2. The van der Waals surface area contributed by atoms with Crippen LogP contribution in [0.1, 0.15) is 21.6 Å². The van der Waals surface area contributed by atoms with E-state index in [4.69, 9.17) is 0 Å². The number of rotatable bonds is 4. The fourth-order valence-corrected chi connectivity index (χ4v) is 3.49. The summed E-state index contributed by atoms with van der Waals surface area (Å²) in [6.07, 6.45) is -8.74. The number of carbonyl (C=O) groups is 1. The molecule has 170 valence electrons. The smallest absolute Gasteiger partial charge is 0.338 e. The van der Waals surface area contributed by atoms with Crippen LogP contribution in [0.25, 0.3) is 22.6 Å². The Morgan fingerprint density at radius 3 is 2.06 bits per heavy atom. The molecule has 0 radical (unpaired) electrons. The lowest BCUT2D eigenvalue weighted by molar-refractivity contribution is -0.143. The lowest BCUT2D eigenvalue weighted by Crippen LogP contribution is -2.11. The average molecular weight is 482 g/mol. The van der Waals surface area contributed by atoms with Crippen LogP contribution < -0.4 is 5.32 Å². The molecule has 2 heterocycles. The highest BCUT2D eigenvalue weighted by Crippen LogP contribution is 2.38. The van der Waals surface area contributed by atoms with Gasteiger partial charge >= 0.3 is 12.4 Å². The molecule has 4 aromatic rings. The predicted octanol–water partition coefficient (Wildman–Crippen LogP) is 6.49. The van der Waals surface area contributed by atoms with E-state index in [1.807, 2.05) is 0 Å². The van der Waals surface area contributed by atoms with Crippen LogP contribution >= 0.6 is 11.3 Å². The topological polar surface area (TPSA) is 70.7 Å². The molecule has 2 aromatic heterocycles. The molecule has 2 N–H and O–H groups in total. The third-order valence-electron chi connectivity index (χ3n) is 4.56. The third-order valence-corrected chi connectivity index (χ3v) is 5.14. The first kappa shape index (κ1) is 22.5. The van der Waals surface area contributed by atoms with Gasteiger partial charge in [0, 0.05) is 22.2 Å². The summed E-state index contributed by atoms with van der Waals surface area (Å²) in [5, 5.41) is 4.25. The Kier molecular flexibility index (Phi) is 5.70. The Hall–Kier alpha value is -3.67. The molecular weight excluding hydrogens is 470 g/mol. The Balaban J connectivity index is 1.60. The van der Waals surface area contributed by atoms with Crippen LogP contribution in [-0.2, 0) is 12.4 Å². The van der Waals surface area contributed by atoms with Gasteiger partial charge in [-0.1, -0.05) is 0 Å². The molecule has 0 aliphatic carbocycles. The predicted molar refractivity (Wildman–Crippen MR) is 110 cm³/mol. The highest BCUT2D eigenvalue weighted by atomic mass is 32.1. The molecule has 0 spiro atoms. The van der Waals surface area contributed by atoms with Crippen LogP contribution in [0.2, 0.25) is 0 Å². The molecule has 5 nitrogen and oxygen atoms in total. The molecule has 0 aliphatic rings. The molecule has 0 fully saturated rings. The Bertz CT molecular complexity index is 1250. The van der Waals surface area contributed by atoms with E-state index in [0.29, 0.717) is 23.4 Å². The SMILES string of the molecule is O=C(Nc1ccc(-c2ncc(-c3cc(C(F)(F)F)cc(C(F)(F)F)c3)[nH]2)cc1)c1cscn1. The standard InChI is InChI=1S/C21H12F6N4OS/c22-20(23,24)13-5-12(6-14(7-13)21(25,26)27)16-8-28-18(31-16)11-1-3-15(4-2-11)30-19(32)17-9-33-10-29-17/h1-10H,(H,28,31)(H,30,32). The van der Waals surface area contributed by atoms with E-state index >= 15 is 0 Å². The van der Waals surface area contributed by atoms with Crippen molar-refractivity contribution in [3.8, 4) is 22.6 Å². The highest BCUT2D eigenvalue weighted by Gasteiger charge is 2.37. The van der Waals surface area contributed by atoms with E-state index in [0.717, 1.165) is 6.20 Å².